The lowest BCUT2D eigenvalue weighted by atomic mass is 10.9. The van der Waals surface area contributed by atoms with Crippen LogP contribution in [0.15, 0.2) is 0 Å². The lowest BCUT2D eigenvalue weighted by Gasteiger charge is -1.59. The molecule has 0 unspecified atom stereocenters. The molecule has 6 nitrogen and oxygen atoms in total. The van der Waals surface area contributed by atoms with Crippen LogP contribution >= 0.6 is 0 Å². The molecular weight excluding hydrogens is 264 g/mol. The van der Waals surface area contributed by atoms with Crippen LogP contribution in [0.4, 0.5) is 0 Å². The van der Waals surface area contributed by atoms with Crippen molar-refractivity contribution in [1.82, 2.24) is 0 Å². The number of aliphatic carboxylic acids is 3. The fraction of sp³-hybridized carbons (Fsp3) is 0.500. The van der Waals surface area contributed by atoms with Crippen molar-refractivity contribution < 1.29 is 29.7 Å². The molecule has 4 radical (unpaired) electrons. The van der Waals surface area contributed by atoms with Gasteiger partial charge in [0.2, 0.25) is 0 Å². The first-order chi connectivity index (χ1) is 9.20. The molecule has 0 spiro atoms. The Hall–Kier alpha value is -1.59. The quantitative estimate of drug-likeness (QED) is 0.629. The molecule has 0 fully saturated rings. The van der Waals surface area contributed by atoms with E-state index in [0.717, 1.165) is 20.8 Å². The summed E-state index contributed by atoms with van der Waals surface area (Å²) in [5.74, 6) is -2.50. The van der Waals surface area contributed by atoms with Gasteiger partial charge < -0.3 is 15.3 Å². The molecule has 0 bridgehead atoms. The van der Waals surface area contributed by atoms with Crippen LogP contribution in [0.25, 0.3) is 0 Å². The van der Waals surface area contributed by atoms with Gasteiger partial charge in [-0.3, -0.25) is 14.4 Å². The monoisotopic (exact) mass is 296 g/mol. The van der Waals surface area contributed by atoms with E-state index in [0.29, 0.717) is 0 Å². The van der Waals surface area contributed by atoms with Crippen molar-refractivity contribution in [2.24, 2.45) is 0 Å². The Morgan fingerprint density at radius 2 is 0.500 bits per heavy atom. The number of hydrogen-bond acceptors (Lipinski definition) is 3. The highest BCUT2D eigenvalue weighted by Gasteiger charge is 1.66. The summed E-state index contributed by atoms with van der Waals surface area (Å²) in [6.07, 6.45) is 0. The molecule has 0 atom stereocenters. The molecule has 0 saturated heterocycles. The molecule has 20 heavy (non-hydrogen) atoms. The van der Waals surface area contributed by atoms with Gasteiger partial charge in [0.05, 0.1) is 0 Å². The van der Waals surface area contributed by atoms with E-state index in [9.17, 15) is 0 Å². The van der Waals surface area contributed by atoms with E-state index in [1.165, 1.54) is 0 Å². The van der Waals surface area contributed by atoms with Crippen molar-refractivity contribution in [2.45, 2.75) is 48.5 Å². The van der Waals surface area contributed by atoms with Crippen LogP contribution in [0.5, 0.6) is 0 Å². The summed E-state index contributed by atoms with van der Waals surface area (Å²) in [5, 5.41) is 22.2. The van der Waals surface area contributed by atoms with Crippen LogP contribution in [0.2, 0.25) is 0 Å². The highest BCUT2D eigenvalue weighted by atomic mass is 16.4. The zero-order valence-electron chi connectivity index (χ0n) is 13.9. The maximum atomic E-state index is 9.00. The molecule has 0 aromatic heterocycles. The number of carbonyl (C=O) groups is 3. The summed E-state index contributed by atoms with van der Waals surface area (Å²) in [4.78, 5) is 27.0. The number of hydrogen-bond donors (Lipinski definition) is 3. The van der Waals surface area contributed by atoms with Gasteiger partial charge in [-0.25, -0.2) is 0 Å². The minimum Gasteiger partial charge on any atom is -0.481 e. The molecule has 6 heteroatoms. The average molecular weight is 296 g/mol. The topological polar surface area (TPSA) is 112 Å². The van der Waals surface area contributed by atoms with Gasteiger partial charge >= 0.3 is 0 Å². The molecule has 3 N–H and O–H groups in total. The van der Waals surface area contributed by atoms with E-state index in [-0.39, 0.29) is 0 Å². The van der Waals surface area contributed by atoms with E-state index in [2.05, 4.69) is 27.7 Å². The summed E-state index contributed by atoms with van der Waals surface area (Å²) in [6.45, 7) is 23.2. The Bertz CT molecular complexity index is 115. The Balaban J connectivity index is -0.0000000204. The van der Waals surface area contributed by atoms with Gasteiger partial charge in [0, 0.05) is 20.8 Å². The van der Waals surface area contributed by atoms with Gasteiger partial charge in [-0.05, 0) is 0 Å². The molecule has 0 amide bonds. The smallest absolute Gasteiger partial charge is 0.300 e. The maximum absolute atomic E-state index is 9.00. The van der Waals surface area contributed by atoms with Gasteiger partial charge in [0.25, 0.3) is 17.9 Å². The second-order valence-electron chi connectivity index (χ2n) is 1.56. The fourth-order valence-electron chi connectivity index (χ4n) is 0. The largest absolute Gasteiger partial charge is 0.481 e. The average Bonchev–Trinajstić information content (AvgIpc) is 2.36. The first-order valence-corrected chi connectivity index (χ1v) is 5.61. The summed E-state index contributed by atoms with van der Waals surface area (Å²) in [6, 6.07) is 0. The van der Waals surface area contributed by atoms with Crippen molar-refractivity contribution in [3.63, 3.8) is 0 Å². The lowest BCUT2D eigenvalue weighted by Crippen LogP contribution is -1.78. The lowest BCUT2D eigenvalue weighted by molar-refractivity contribution is -0.135. The van der Waals surface area contributed by atoms with Crippen molar-refractivity contribution in [2.75, 3.05) is 0 Å². The van der Waals surface area contributed by atoms with Gasteiger partial charge in [0.1, 0.15) is 0 Å². The van der Waals surface area contributed by atoms with E-state index < -0.39 is 17.9 Å². The SMILES string of the molecule is CC(=O)O.CC(=O)O.CC(=O)O.[CH2]C.[CH2]C.[CH2]C.[CH2]C. The number of rotatable bonds is 0. The predicted molar refractivity (Wildman–Crippen MR) is 84.1 cm³/mol. The van der Waals surface area contributed by atoms with Crippen LogP contribution in [0, 0.1) is 27.7 Å². The highest BCUT2D eigenvalue weighted by molar-refractivity contribution is 5.63. The summed E-state index contributed by atoms with van der Waals surface area (Å²) in [7, 11) is 0. The molecule has 0 heterocycles. The van der Waals surface area contributed by atoms with Crippen molar-refractivity contribution in [3.05, 3.63) is 27.7 Å². The van der Waals surface area contributed by atoms with Crippen LogP contribution in [-0.2, 0) is 14.4 Å². The number of carboxylic acids is 3. The van der Waals surface area contributed by atoms with Gasteiger partial charge in [0.15, 0.2) is 0 Å². The second kappa shape index (κ2) is 85.4. The molecule has 0 aliphatic heterocycles. The molecule has 0 aliphatic rings. The van der Waals surface area contributed by atoms with Gasteiger partial charge in [-0.1, -0.05) is 55.4 Å². The van der Waals surface area contributed by atoms with Crippen LogP contribution in [0.3, 0.4) is 0 Å². The van der Waals surface area contributed by atoms with Gasteiger partial charge in [-0.15, -0.1) is 0 Å². The molecule has 0 aromatic rings. The Morgan fingerprint density at radius 1 is 0.500 bits per heavy atom. The Morgan fingerprint density at radius 3 is 0.500 bits per heavy atom. The van der Waals surface area contributed by atoms with Crippen LogP contribution in [-0.4, -0.2) is 33.2 Å². The standard InChI is InChI=1S/3C2H4O2.4C2H5/c3*1-2(3)4;4*1-2/h3*1H3,(H,3,4);4*1H2,2H3. The zero-order valence-corrected chi connectivity index (χ0v) is 13.9. The third kappa shape index (κ3) is 1540. The Kier molecular flexibility index (Phi) is 183. The molecule has 0 saturated carbocycles. The second-order valence-corrected chi connectivity index (χ2v) is 1.56. The summed E-state index contributed by atoms with van der Waals surface area (Å²) >= 11 is 0. The molecule has 0 rings (SSSR count). The Labute approximate surface area is 124 Å². The maximum Gasteiger partial charge on any atom is 0.300 e. The first kappa shape index (κ1) is 42.9. The summed E-state index contributed by atoms with van der Waals surface area (Å²) in [5.41, 5.74) is 0. The van der Waals surface area contributed by atoms with Crippen LogP contribution < -0.4 is 0 Å². The minimum absolute atomic E-state index is 0.833. The third-order valence-electron chi connectivity index (χ3n) is 0. The zero-order chi connectivity index (χ0) is 18.7. The normalized spacial score (nSPS) is 4.95. The van der Waals surface area contributed by atoms with E-state index >= 15 is 0 Å². The molecule has 0 aromatic carbocycles. The van der Waals surface area contributed by atoms with Gasteiger partial charge in [-0.2, -0.15) is 0 Å². The van der Waals surface area contributed by atoms with E-state index in [4.69, 9.17) is 29.7 Å². The fourth-order valence-corrected chi connectivity index (χ4v) is 0. The molecule has 0 aliphatic carbocycles. The minimum atomic E-state index is -0.833. The third-order valence-corrected chi connectivity index (χ3v) is 0. The molecular formula is C14H32O6. The van der Waals surface area contributed by atoms with Crippen molar-refractivity contribution in [3.8, 4) is 0 Å². The van der Waals surface area contributed by atoms with Crippen LogP contribution in [0.1, 0.15) is 48.5 Å². The van der Waals surface area contributed by atoms with Crippen molar-refractivity contribution in [1.29, 1.82) is 0 Å². The highest BCUT2D eigenvalue weighted by Crippen LogP contribution is 1.42. The summed E-state index contributed by atoms with van der Waals surface area (Å²) < 4.78 is 0. The molecule has 124 valence electrons. The first-order valence-electron chi connectivity index (χ1n) is 5.61. The predicted octanol–water partition coefficient (Wildman–Crippen LogP) is 3.63. The van der Waals surface area contributed by atoms with E-state index in [1.807, 2.05) is 0 Å². The number of carboxylic acid groups (broad SMARTS) is 3. The van der Waals surface area contributed by atoms with Crippen molar-refractivity contribution >= 4 is 17.9 Å². The van der Waals surface area contributed by atoms with E-state index in [1.54, 1.807) is 27.7 Å².